The van der Waals surface area contributed by atoms with Crippen LogP contribution in [0.25, 0.3) is 61.5 Å². The van der Waals surface area contributed by atoms with Crippen molar-refractivity contribution < 1.29 is 4.42 Å². The lowest BCUT2D eigenvalue weighted by molar-refractivity contribution is 0.584. The van der Waals surface area contributed by atoms with Crippen molar-refractivity contribution in [3.63, 3.8) is 0 Å². The molecule has 7 rings (SSSR count). The maximum absolute atomic E-state index is 5.94. The van der Waals surface area contributed by atoms with Crippen molar-refractivity contribution in [2.24, 2.45) is 0 Å². The average molecular weight is 438 g/mol. The Kier molecular flexibility index (Phi) is 4.08. The summed E-state index contributed by atoms with van der Waals surface area (Å²) in [5, 5.41) is 9.67. The lowest BCUT2D eigenvalue weighted by Gasteiger charge is -2.05. The number of nitrogens with zero attached hydrogens (tertiary/aromatic N) is 4. The van der Waals surface area contributed by atoms with E-state index in [0.717, 1.165) is 38.8 Å². The molecule has 160 valence electrons. The first-order chi connectivity index (χ1) is 16.9. The van der Waals surface area contributed by atoms with Gasteiger partial charge in [0.1, 0.15) is 0 Å². The zero-order chi connectivity index (χ0) is 22.5. The maximum atomic E-state index is 5.94. The molecule has 34 heavy (non-hydrogen) atoms. The van der Waals surface area contributed by atoms with Crippen LogP contribution in [-0.2, 0) is 0 Å². The van der Waals surface area contributed by atoms with E-state index < -0.39 is 0 Å². The third kappa shape index (κ3) is 2.84. The second-order valence-corrected chi connectivity index (χ2v) is 8.22. The molecule has 4 aromatic carbocycles. The number of hydrogen-bond donors (Lipinski definition) is 0. The minimum Gasteiger partial charge on any atom is -0.416 e. The molecule has 7 aromatic rings. The van der Waals surface area contributed by atoms with Crippen molar-refractivity contribution in [1.82, 2.24) is 19.6 Å². The first-order valence-corrected chi connectivity index (χ1v) is 11.1. The van der Waals surface area contributed by atoms with Gasteiger partial charge in [-0.1, -0.05) is 60.7 Å². The summed E-state index contributed by atoms with van der Waals surface area (Å²) >= 11 is 0. The Labute approximate surface area is 195 Å². The van der Waals surface area contributed by atoms with E-state index in [9.17, 15) is 0 Å². The molecule has 0 aliphatic rings. The van der Waals surface area contributed by atoms with E-state index in [-0.39, 0.29) is 0 Å². The van der Waals surface area contributed by atoms with Crippen molar-refractivity contribution in [3.05, 3.63) is 109 Å². The summed E-state index contributed by atoms with van der Waals surface area (Å²) < 4.78 is 8.24. The number of rotatable bonds is 3. The first-order valence-electron chi connectivity index (χ1n) is 11.1. The van der Waals surface area contributed by atoms with Gasteiger partial charge in [-0.3, -0.25) is 4.98 Å². The number of hydrogen-bond acceptors (Lipinski definition) is 4. The molecule has 0 aliphatic heterocycles. The molecule has 0 atom stereocenters. The Bertz CT molecular complexity index is 1800. The van der Waals surface area contributed by atoms with Gasteiger partial charge in [-0.15, -0.1) is 10.2 Å². The van der Waals surface area contributed by atoms with Crippen molar-refractivity contribution in [2.75, 3.05) is 0 Å². The molecular weight excluding hydrogens is 420 g/mol. The first kappa shape index (κ1) is 18.8. The van der Waals surface area contributed by atoms with Crippen molar-refractivity contribution in [2.45, 2.75) is 0 Å². The summed E-state index contributed by atoms with van der Waals surface area (Å²) in [4.78, 5) is 4.73. The molecule has 5 nitrogen and oxygen atoms in total. The Balaban J connectivity index is 1.37. The Morgan fingerprint density at radius 2 is 1.15 bits per heavy atom. The molecule has 0 saturated carbocycles. The zero-order valence-corrected chi connectivity index (χ0v) is 18.1. The van der Waals surface area contributed by atoms with Crippen LogP contribution in [0.2, 0.25) is 0 Å². The third-order valence-corrected chi connectivity index (χ3v) is 6.23. The van der Waals surface area contributed by atoms with Crippen LogP contribution in [-0.4, -0.2) is 19.6 Å². The Morgan fingerprint density at radius 3 is 1.94 bits per heavy atom. The van der Waals surface area contributed by atoms with Gasteiger partial charge >= 0.3 is 0 Å². The average Bonchev–Trinajstić information content (AvgIpc) is 3.53. The molecule has 5 heteroatoms. The minimum absolute atomic E-state index is 0.504. The molecule has 0 N–H and O–H groups in total. The molecule has 0 spiro atoms. The molecule has 0 bridgehead atoms. The smallest absolute Gasteiger partial charge is 0.248 e. The van der Waals surface area contributed by atoms with Crippen LogP contribution in [0.3, 0.4) is 0 Å². The minimum atomic E-state index is 0.504. The molecule has 0 amide bonds. The molecule has 0 fully saturated rings. The van der Waals surface area contributed by atoms with Gasteiger partial charge in [-0.2, -0.15) is 0 Å². The lowest BCUT2D eigenvalue weighted by atomic mass is 10.0. The summed E-state index contributed by atoms with van der Waals surface area (Å²) in [6.07, 6.45) is 1.97. The van der Waals surface area contributed by atoms with E-state index in [2.05, 4.69) is 63.1 Å². The second-order valence-electron chi connectivity index (χ2n) is 8.22. The molecule has 3 heterocycles. The molecular formula is C29H18N4O. The summed E-state index contributed by atoms with van der Waals surface area (Å²) in [5.41, 5.74) is 8.38. The number of para-hydroxylation sites is 3. The standard InChI is InChI=1S/C29H18N4O/c1-2-8-20(9-3-1)28-31-32-29(34-28)21-16-14-19(15-17-21)27-22-10-4-6-12-24(22)33-25-13-7-5-11-23(25)30-18-26(27)33/h1-18H. The molecule has 0 aliphatic carbocycles. The number of aromatic nitrogens is 4. The predicted octanol–water partition coefficient (Wildman–Crippen LogP) is 7.02. The Hall–Kier alpha value is -4.77. The van der Waals surface area contributed by atoms with Crippen LogP contribution in [0.4, 0.5) is 0 Å². The molecule has 0 saturated heterocycles. The van der Waals surface area contributed by atoms with Crippen molar-refractivity contribution in [1.29, 1.82) is 0 Å². The molecule has 3 aromatic heterocycles. The lowest BCUT2D eigenvalue weighted by Crippen LogP contribution is -1.90. The fraction of sp³-hybridized carbons (Fsp3) is 0. The van der Waals surface area contributed by atoms with Crippen molar-refractivity contribution >= 4 is 27.5 Å². The van der Waals surface area contributed by atoms with Gasteiger partial charge in [0.2, 0.25) is 11.8 Å². The van der Waals surface area contributed by atoms with Crippen molar-refractivity contribution in [3.8, 4) is 34.0 Å². The Morgan fingerprint density at radius 1 is 0.529 bits per heavy atom. The fourth-order valence-corrected chi connectivity index (χ4v) is 4.65. The van der Waals surface area contributed by atoms with Gasteiger partial charge < -0.3 is 8.82 Å². The van der Waals surface area contributed by atoms with E-state index >= 15 is 0 Å². The van der Waals surface area contributed by atoms with Crippen LogP contribution >= 0.6 is 0 Å². The van der Waals surface area contributed by atoms with E-state index in [1.807, 2.05) is 60.8 Å². The number of fused-ring (bicyclic) bond motifs is 5. The van der Waals surface area contributed by atoms with E-state index in [4.69, 9.17) is 9.40 Å². The highest BCUT2D eigenvalue weighted by atomic mass is 16.4. The van der Waals surface area contributed by atoms with Gasteiger partial charge in [0, 0.05) is 22.1 Å². The van der Waals surface area contributed by atoms with E-state index in [1.165, 1.54) is 10.9 Å². The van der Waals surface area contributed by atoms with Gasteiger partial charge in [-0.25, -0.2) is 0 Å². The summed E-state index contributed by atoms with van der Waals surface area (Å²) in [6.45, 7) is 0. The molecule has 0 unspecified atom stereocenters. The highest BCUT2D eigenvalue weighted by Gasteiger charge is 2.16. The quantitative estimate of drug-likeness (QED) is 0.297. The van der Waals surface area contributed by atoms with Gasteiger partial charge in [0.25, 0.3) is 0 Å². The highest BCUT2D eigenvalue weighted by molar-refractivity contribution is 6.07. The zero-order valence-electron chi connectivity index (χ0n) is 18.1. The summed E-state index contributed by atoms with van der Waals surface area (Å²) in [5.74, 6) is 1.02. The van der Waals surface area contributed by atoms with Crippen LogP contribution in [0, 0.1) is 0 Å². The summed E-state index contributed by atoms with van der Waals surface area (Å²) in [6, 6.07) is 34.8. The van der Waals surface area contributed by atoms with Crippen LogP contribution in [0.15, 0.2) is 114 Å². The van der Waals surface area contributed by atoms with Gasteiger partial charge in [0.15, 0.2) is 0 Å². The topological polar surface area (TPSA) is 56.2 Å². The highest BCUT2D eigenvalue weighted by Crippen LogP contribution is 2.37. The summed E-state index contributed by atoms with van der Waals surface area (Å²) in [7, 11) is 0. The fourth-order valence-electron chi connectivity index (χ4n) is 4.65. The number of benzene rings is 4. The van der Waals surface area contributed by atoms with Crippen LogP contribution in [0.5, 0.6) is 0 Å². The SMILES string of the molecule is c1ccc(-c2nnc(-c3ccc(-c4c5ccccc5n5c4cnc4ccccc45)cc3)o2)cc1. The van der Waals surface area contributed by atoms with E-state index in [0.29, 0.717) is 11.8 Å². The normalized spacial score (nSPS) is 11.5. The largest absolute Gasteiger partial charge is 0.416 e. The van der Waals surface area contributed by atoms with Gasteiger partial charge in [-0.05, 0) is 48.0 Å². The molecule has 0 radical (unpaired) electrons. The second kappa shape index (κ2) is 7.39. The maximum Gasteiger partial charge on any atom is 0.248 e. The van der Waals surface area contributed by atoms with Gasteiger partial charge in [0.05, 0.1) is 28.3 Å². The van der Waals surface area contributed by atoms with Crippen LogP contribution < -0.4 is 0 Å². The monoisotopic (exact) mass is 438 g/mol. The third-order valence-electron chi connectivity index (χ3n) is 6.23. The van der Waals surface area contributed by atoms with Crippen LogP contribution in [0.1, 0.15) is 0 Å². The predicted molar refractivity (Wildman–Crippen MR) is 134 cm³/mol. The van der Waals surface area contributed by atoms with E-state index in [1.54, 1.807) is 0 Å².